The van der Waals surface area contributed by atoms with Gasteiger partial charge in [0.1, 0.15) is 18.9 Å². The fourth-order valence-corrected chi connectivity index (χ4v) is 3.12. The third kappa shape index (κ3) is 3.89. The highest BCUT2D eigenvalue weighted by molar-refractivity contribution is 5.80. The molecular formula is C21H25N3O3. The summed E-state index contributed by atoms with van der Waals surface area (Å²) in [6.07, 6.45) is 0. The number of aryl methyl sites for hydroxylation is 2. The van der Waals surface area contributed by atoms with Crippen LogP contribution in [0.1, 0.15) is 12.5 Å². The van der Waals surface area contributed by atoms with Crippen LogP contribution in [0.2, 0.25) is 0 Å². The number of aromatic nitrogens is 2. The van der Waals surface area contributed by atoms with Gasteiger partial charge in [-0.25, -0.2) is 4.79 Å². The van der Waals surface area contributed by atoms with Crippen LogP contribution in [0.5, 0.6) is 5.75 Å². The molecule has 27 heavy (non-hydrogen) atoms. The molecule has 0 unspecified atom stereocenters. The van der Waals surface area contributed by atoms with E-state index in [9.17, 15) is 9.59 Å². The van der Waals surface area contributed by atoms with Crippen LogP contribution in [0, 0.1) is 6.92 Å². The Balaban J connectivity index is 1.67. The van der Waals surface area contributed by atoms with E-state index in [1.165, 1.54) is 0 Å². The van der Waals surface area contributed by atoms with Crippen molar-refractivity contribution in [2.45, 2.75) is 26.9 Å². The second-order valence-corrected chi connectivity index (χ2v) is 6.53. The molecule has 0 spiro atoms. The second kappa shape index (κ2) is 8.12. The minimum atomic E-state index is -0.156. The third-order valence-corrected chi connectivity index (χ3v) is 4.74. The van der Waals surface area contributed by atoms with Crippen molar-refractivity contribution in [1.29, 1.82) is 0 Å². The van der Waals surface area contributed by atoms with E-state index in [0.29, 0.717) is 19.7 Å². The maximum Gasteiger partial charge on any atom is 0.329 e. The number of nitrogens with zero attached hydrogens (tertiary/aromatic N) is 3. The standard InChI is InChI=1S/C21H25N3O3/c1-4-23-17-10-6-7-11-18(17)24(21(23)26)15-20(25)22(3)13-14-27-19-12-8-5-9-16(19)2/h5-12H,4,13-15H2,1-3H3. The number of ether oxygens (including phenoxy) is 1. The van der Waals surface area contributed by atoms with Crippen LogP contribution in [0.25, 0.3) is 11.0 Å². The van der Waals surface area contributed by atoms with Crippen LogP contribution < -0.4 is 10.4 Å². The second-order valence-electron chi connectivity index (χ2n) is 6.53. The van der Waals surface area contributed by atoms with E-state index in [-0.39, 0.29) is 18.1 Å². The summed E-state index contributed by atoms with van der Waals surface area (Å²) in [7, 11) is 1.73. The fraction of sp³-hybridized carbons (Fsp3) is 0.333. The number of para-hydroxylation sites is 3. The highest BCUT2D eigenvalue weighted by atomic mass is 16.5. The Bertz CT molecular complexity index is 1000. The molecule has 6 nitrogen and oxygen atoms in total. The van der Waals surface area contributed by atoms with Gasteiger partial charge in [0.15, 0.2) is 0 Å². The summed E-state index contributed by atoms with van der Waals surface area (Å²) in [5, 5.41) is 0. The minimum Gasteiger partial charge on any atom is -0.491 e. The van der Waals surface area contributed by atoms with Crippen molar-refractivity contribution in [3.63, 3.8) is 0 Å². The van der Waals surface area contributed by atoms with Gasteiger partial charge in [0.05, 0.1) is 17.6 Å². The zero-order chi connectivity index (χ0) is 19.4. The first kappa shape index (κ1) is 18.8. The van der Waals surface area contributed by atoms with Gasteiger partial charge in [0.2, 0.25) is 5.91 Å². The Hall–Kier alpha value is -3.02. The molecule has 2 aromatic carbocycles. The van der Waals surface area contributed by atoms with Crippen LogP contribution in [-0.2, 0) is 17.9 Å². The Labute approximate surface area is 158 Å². The third-order valence-electron chi connectivity index (χ3n) is 4.74. The van der Waals surface area contributed by atoms with Crippen molar-refractivity contribution in [2.24, 2.45) is 0 Å². The number of benzene rings is 2. The number of rotatable bonds is 7. The maximum atomic E-state index is 12.6. The smallest absolute Gasteiger partial charge is 0.329 e. The summed E-state index contributed by atoms with van der Waals surface area (Å²) < 4.78 is 8.98. The summed E-state index contributed by atoms with van der Waals surface area (Å²) >= 11 is 0. The number of hydrogen-bond acceptors (Lipinski definition) is 3. The molecule has 0 saturated carbocycles. The minimum absolute atomic E-state index is 0.0210. The summed E-state index contributed by atoms with van der Waals surface area (Å²) in [5.41, 5.74) is 2.53. The Morgan fingerprint density at radius 2 is 1.67 bits per heavy atom. The van der Waals surface area contributed by atoms with Gasteiger partial charge >= 0.3 is 5.69 Å². The van der Waals surface area contributed by atoms with Crippen LogP contribution >= 0.6 is 0 Å². The van der Waals surface area contributed by atoms with E-state index < -0.39 is 0 Å². The predicted molar refractivity (Wildman–Crippen MR) is 106 cm³/mol. The van der Waals surface area contributed by atoms with Crippen LogP contribution in [0.3, 0.4) is 0 Å². The zero-order valence-electron chi connectivity index (χ0n) is 16.0. The summed E-state index contributed by atoms with van der Waals surface area (Å²) in [4.78, 5) is 26.9. The van der Waals surface area contributed by atoms with E-state index in [2.05, 4.69) is 0 Å². The zero-order valence-corrected chi connectivity index (χ0v) is 16.0. The van der Waals surface area contributed by atoms with Gasteiger partial charge < -0.3 is 9.64 Å². The molecule has 0 N–H and O–H groups in total. The molecule has 0 aliphatic rings. The topological polar surface area (TPSA) is 56.5 Å². The normalized spacial score (nSPS) is 10.9. The van der Waals surface area contributed by atoms with Gasteiger partial charge in [-0.1, -0.05) is 30.3 Å². The molecule has 0 aliphatic heterocycles. The van der Waals surface area contributed by atoms with Crippen molar-refractivity contribution in [2.75, 3.05) is 20.2 Å². The molecule has 0 radical (unpaired) electrons. The lowest BCUT2D eigenvalue weighted by atomic mass is 10.2. The van der Waals surface area contributed by atoms with E-state index in [4.69, 9.17) is 4.74 Å². The maximum absolute atomic E-state index is 12.6. The Morgan fingerprint density at radius 1 is 1.04 bits per heavy atom. The Morgan fingerprint density at radius 3 is 2.33 bits per heavy atom. The number of carbonyl (C=O) groups excluding carboxylic acids is 1. The molecule has 6 heteroatoms. The van der Waals surface area contributed by atoms with Crippen molar-refractivity contribution in [3.05, 3.63) is 64.6 Å². The molecule has 0 atom stereocenters. The molecule has 1 amide bonds. The SMILES string of the molecule is CCn1c(=O)n(CC(=O)N(C)CCOc2ccccc2C)c2ccccc21. The first-order valence-electron chi connectivity index (χ1n) is 9.13. The van der Waals surface area contributed by atoms with Crippen LogP contribution in [-0.4, -0.2) is 40.1 Å². The van der Waals surface area contributed by atoms with Gasteiger partial charge in [-0.2, -0.15) is 0 Å². The summed E-state index contributed by atoms with van der Waals surface area (Å²) in [6, 6.07) is 15.3. The van der Waals surface area contributed by atoms with Crippen molar-refractivity contribution < 1.29 is 9.53 Å². The number of carbonyl (C=O) groups is 1. The lowest BCUT2D eigenvalue weighted by molar-refractivity contribution is -0.130. The van der Waals surface area contributed by atoms with Gasteiger partial charge in [-0.3, -0.25) is 13.9 Å². The van der Waals surface area contributed by atoms with Gasteiger partial charge in [0, 0.05) is 13.6 Å². The lowest BCUT2D eigenvalue weighted by Crippen LogP contribution is -2.36. The van der Waals surface area contributed by atoms with Crippen LogP contribution in [0.15, 0.2) is 53.3 Å². The quantitative estimate of drug-likeness (QED) is 0.645. The number of amides is 1. The molecule has 3 rings (SSSR count). The van der Waals surface area contributed by atoms with E-state index in [1.54, 1.807) is 21.1 Å². The highest BCUT2D eigenvalue weighted by Crippen LogP contribution is 2.16. The lowest BCUT2D eigenvalue weighted by Gasteiger charge is -2.18. The molecular weight excluding hydrogens is 342 g/mol. The largest absolute Gasteiger partial charge is 0.491 e. The van der Waals surface area contributed by atoms with Gasteiger partial charge in [-0.15, -0.1) is 0 Å². The number of fused-ring (bicyclic) bond motifs is 1. The number of likely N-dealkylation sites (N-methyl/N-ethyl adjacent to an activating group) is 1. The van der Waals surface area contributed by atoms with Crippen LogP contribution in [0.4, 0.5) is 0 Å². The van der Waals surface area contributed by atoms with Crippen molar-refractivity contribution >= 4 is 16.9 Å². The number of hydrogen-bond donors (Lipinski definition) is 0. The molecule has 142 valence electrons. The molecule has 0 saturated heterocycles. The average Bonchev–Trinajstić information content (AvgIpc) is 2.94. The number of imidazole rings is 1. The highest BCUT2D eigenvalue weighted by Gasteiger charge is 2.16. The molecule has 0 bridgehead atoms. The van der Waals surface area contributed by atoms with Crippen molar-refractivity contribution in [3.8, 4) is 5.75 Å². The molecule has 1 aromatic heterocycles. The average molecular weight is 367 g/mol. The van der Waals surface area contributed by atoms with Gasteiger partial charge in [0.25, 0.3) is 0 Å². The van der Waals surface area contributed by atoms with Crippen molar-refractivity contribution in [1.82, 2.24) is 14.0 Å². The molecule has 3 aromatic rings. The fourth-order valence-electron chi connectivity index (χ4n) is 3.12. The Kier molecular flexibility index (Phi) is 5.64. The first-order valence-corrected chi connectivity index (χ1v) is 9.13. The molecule has 1 heterocycles. The van der Waals surface area contributed by atoms with Gasteiger partial charge in [-0.05, 0) is 37.6 Å². The first-order chi connectivity index (χ1) is 13.0. The summed E-state index contributed by atoms with van der Waals surface area (Å²) in [6.45, 7) is 5.36. The molecule has 0 aliphatic carbocycles. The van der Waals surface area contributed by atoms with E-state index >= 15 is 0 Å². The predicted octanol–water partition coefficient (Wildman–Crippen LogP) is 2.67. The van der Waals surface area contributed by atoms with E-state index in [1.807, 2.05) is 62.4 Å². The molecule has 0 fully saturated rings. The monoisotopic (exact) mass is 367 g/mol. The van der Waals surface area contributed by atoms with E-state index in [0.717, 1.165) is 22.3 Å². The summed E-state index contributed by atoms with van der Waals surface area (Å²) in [5.74, 6) is 0.699.